The first kappa shape index (κ1) is 16.2. The van der Waals surface area contributed by atoms with E-state index in [1.165, 1.54) is 44.9 Å². The Balaban J connectivity index is 2.02. The van der Waals surface area contributed by atoms with Crippen LogP contribution >= 0.6 is 0 Å². The number of unbranched alkanes of at least 4 members (excludes halogenated alkanes) is 5. The number of aliphatic imine (C=N–C) groups is 1. The molecule has 1 aliphatic heterocycles. The maximum absolute atomic E-state index is 9.60. The Labute approximate surface area is 118 Å². The summed E-state index contributed by atoms with van der Waals surface area (Å²) in [4.78, 5) is 6.49. The highest BCUT2D eigenvalue weighted by Crippen LogP contribution is 2.12. The highest BCUT2D eigenvalue weighted by atomic mass is 16.3. The Kier molecular flexibility index (Phi) is 8.55. The van der Waals surface area contributed by atoms with E-state index in [0.717, 1.165) is 25.3 Å². The second-order valence-corrected chi connectivity index (χ2v) is 5.34. The molecule has 0 aliphatic carbocycles. The number of nitrogens with zero attached hydrogens (tertiary/aromatic N) is 2. The van der Waals surface area contributed by atoms with Crippen molar-refractivity contribution in [1.29, 1.82) is 0 Å². The highest BCUT2D eigenvalue weighted by molar-refractivity contribution is 5.83. The average Bonchev–Trinajstić information content (AvgIpc) is 2.85. The highest BCUT2D eigenvalue weighted by Gasteiger charge is 2.19. The molecule has 1 N–H and O–H groups in total. The second kappa shape index (κ2) is 10.0. The van der Waals surface area contributed by atoms with Crippen LogP contribution in [0.2, 0.25) is 0 Å². The van der Waals surface area contributed by atoms with E-state index >= 15 is 0 Å². The van der Waals surface area contributed by atoms with Crippen LogP contribution in [0.4, 0.5) is 0 Å². The Morgan fingerprint density at radius 3 is 2.53 bits per heavy atom. The van der Waals surface area contributed by atoms with Crippen LogP contribution in [0, 0.1) is 0 Å². The van der Waals surface area contributed by atoms with E-state index in [1.807, 2.05) is 11.8 Å². The van der Waals surface area contributed by atoms with Gasteiger partial charge in [-0.1, -0.05) is 31.9 Å². The summed E-state index contributed by atoms with van der Waals surface area (Å²) < 4.78 is 0. The molecular weight excluding hydrogens is 236 g/mol. The van der Waals surface area contributed by atoms with Gasteiger partial charge < -0.3 is 10.0 Å². The third-order valence-electron chi connectivity index (χ3n) is 3.58. The molecule has 1 atom stereocenters. The van der Waals surface area contributed by atoms with Crippen LogP contribution in [0.3, 0.4) is 0 Å². The van der Waals surface area contributed by atoms with Crippen molar-refractivity contribution in [3.05, 3.63) is 12.2 Å². The Bertz CT molecular complexity index is 284. The first-order valence-electron chi connectivity index (χ1n) is 7.88. The molecule has 1 rings (SSSR count). The molecule has 0 saturated heterocycles. The standard InChI is InChI=1S/C16H30N2O/c1-3-4-5-6-7-8-9-10-11-12-16-17-13-14-18(16)15(2)19/h7-8,15,19H,3-6,9-14H2,1-2H3/b8-7+. The van der Waals surface area contributed by atoms with Gasteiger partial charge in [0.05, 0.1) is 6.54 Å². The van der Waals surface area contributed by atoms with Crippen LogP contribution in [0.5, 0.6) is 0 Å². The van der Waals surface area contributed by atoms with Crippen molar-refractivity contribution in [1.82, 2.24) is 4.90 Å². The van der Waals surface area contributed by atoms with Crippen molar-refractivity contribution in [2.45, 2.75) is 71.4 Å². The molecule has 0 saturated carbocycles. The number of aliphatic hydroxyl groups is 1. The van der Waals surface area contributed by atoms with Crippen LogP contribution in [0.15, 0.2) is 17.1 Å². The summed E-state index contributed by atoms with van der Waals surface area (Å²) in [5, 5.41) is 9.60. The normalized spacial score (nSPS) is 17.2. The van der Waals surface area contributed by atoms with Gasteiger partial charge >= 0.3 is 0 Å². The predicted molar refractivity (Wildman–Crippen MR) is 82.4 cm³/mol. The fraction of sp³-hybridized carbons (Fsp3) is 0.812. The van der Waals surface area contributed by atoms with E-state index in [1.54, 1.807) is 0 Å². The van der Waals surface area contributed by atoms with Gasteiger partial charge in [-0.3, -0.25) is 4.99 Å². The third kappa shape index (κ3) is 6.76. The second-order valence-electron chi connectivity index (χ2n) is 5.34. The number of aliphatic hydroxyl groups excluding tert-OH is 1. The zero-order valence-electron chi connectivity index (χ0n) is 12.6. The summed E-state index contributed by atoms with van der Waals surface area (Å²) in [5.74, 6) is 1.10. The quantitative estimate of drug-likeness (QED) is 0.483. The topological polar surface area (TPSA) is 35.8 Å². The number of allylic oxidation sites excluding steroid dienone is 2. The van der Waals surface area contributed by atoms with E-state index in [-0.39, 0.29) is 6.23 Å². The van der Waals surface area contributed by atoms with Crippen molar-refractivity contribution in [2.24, 2.45) is 4.99 Å². The number of hydrogen-bond donors (Lipinski definition) is 1. The van der Waals surface area contributed by atoms with Crippen molar-refractivity contribution in [2.75, 3.05) is 13.1 Å². The van der Waals surface area contributed by atoms with Gasteiger partial charge in [0.2, 0.25) is 0 Å². The molecule has 19 heavy (non-hydrogen) atoms. The molecule has 0 bridgehead atoms. The molecule has 1 aliphatic rings. The summed E-state index contributed by atoms with van der Waals surface area (Å²) in [5.41, 5.74) is 0. The minimum atomic E-state index is -0.389. The lowest BCUT2D eigenvalue weighted by molar-refractivity contribution is 0.0766. The van der Waals surface area contributed by atoms with Crippen LogP contribution in [0.25, 0.3) is 0 Å². The van der Waals surface area contributed by atoms with Gasteiger partial charge in [-0.25, -0.2) is 0 Å². The van der Waals surface area contributed by atoms with Gasteiger partial charge in [-0.05, 0) is 39.0 Å². The molecule has 3 heteroatoms. The minimum Gasteiger partial charge on any atom is -0.374 e. The summed E-state index contributed by atoms with van der Waals surface area (Å²) in [7, 11) is 0. The van der Waals surface area contributed by atoms with Gasteiger partial charge in [0.15, 0.2) is 0 Å². The smallest absolute Gasteiger partial charge is 0.125 e. The minimum absolute atomic E-state index is 0.389. The fourth-order valence-electron chi connectivity index (χ4n) is 2.43. The molecule has 110 valence electrons. The molecule has 0 radical (unpaired) electrons. The van der Waals surface area contributed by atoms with Gasteiger partial charge in [-0.15, -0.1) is 0 Å². The largest absolute Gasteiger partial charge is 0.374 e. The first-order valence-corrected chi connectivity index (χ1v) is 7.88. The first-order chi connectivity index (χ1) is 9.25. The molecule has 1 unspecified atom stereocenters. The molecular formula is C16H30N2O. The zero-order chi connectivity index (χ0) is 13.9. The van der Waals surface area contributed by atoms with Crippen molar-refractivity contribution in [3.8, 4) is 0 Å². The SMILES string of the molecule is CCCCC/C=C/CCCCC1=NCCN1C(C)O. The van der Waals surface area contributed by atoms with Crippen molar-refractivity contribution >= 4 is 5.84 Å². The lowest BCUT2D eigenvalue weighted by Gasteiger charge is -2.23. The number of rotatable bonds is 10. The van der Waals surface area contributed by atoms with Gasteiger partial charge in [0, 0.05) is 13.0 Å². The van der Waals surface area contributed by atoms with Crippen LogP contribution in [-0.4, -0.2) is 35.2 Å². The van der Waals surface area contributed by atoms with Crippen LogP contribution in [0.1, 0.15) is 65.2 Å². The lowest BCUT2D eigenvalue weighted by atomic mass is 10.1. The maximum atomic E-state index is 9.60. The number of hydrogen-bond acceptors (Lipinski definition) is 3. The Hall–Kier alpha value is -0.830. The maximum Gasteiger partial charge on any atom is 0.125 e. The van der Waals surface area contributed by atoms with E-state index in [2.05, 4.69) is 24.1 Å². The van der Waals surface area contributed by atoms with E-state index in [4.69, 9.17) is 0 Å². The summed E-state index contributed by atoms with van der Waals surface area (Å²) in [6.07, 6.45) is 14.0. The predicted octanol–water partition coefficient (Wildman–Crippen LogP) is 3.74. The molecule has 0 spiro atoms. The van der Waals surface area contributed by atoms with E-state index in [0.29, 0.717) is 0 Å². The van der Waals surface area contributed by atoms with E-state index in [9.17, 15) is 5.11 Å². The Morgan fingerprint density at radius 2 is 1.89 bits per heavy atom. The third-order valence-corrected chi connectivity index (χ3v) is 3.58. The summed E-state index contributed by atoms with van der Waals surface area (Å²) >= 11 is 0. The van der Waals surface area contributed by atoms with Gasteiger partial charge in [0.1, 0.15) is 12.1 Å². The summed E-state index contributed by atoms with van der Waals surface area (Å²) in [6.45, 7) is 5.79. The van der Waals surface area contributed by atoms with Crippen molar-refractivity contribution < 1.29 is 5.11 Å². The fourth-order valence-corrected chi connectivity index (χ4v) is 2.43. The van der Waals surface area contributed by atoms with Gasteiger partial charge in [-0.2, -0.15) is 0 Å². The van der Waals surface area contributed by atoms with Gasteiger partial charge in [0.25, 0.3) is 0 Å². The van der Waals surface area contributed by atoms with Crippen molar-refractivity contribution in [3.63, 3.8) is 0 Å². The molecule has 0 amide bonds. The molecule has 0 fully saturated rings. The zero-order valence-corrected chi connectivity index (χ0v) is 12.6. The summed E-state index contributed by atoms with van der Waals surface area (Å²) in [6, 6.07) is 0. The molecule has 0 aromatic carbocycles. The molecule has 1 heterocycles. The van der Waals surface area contributed by atoms with Crippen LogP contribution < -0.4 is 0 Å². The van der Waals surface area contributed by atoms with Crippen LogP contribution in [-0.2, 0) is 0 Å². The Morgan fingerprint density at radius 1 is 1.21 bits per heavy atom. The monoisotopic (exact) mass is 266 g/mol. The molecule has 3 nitrogen and oxygen atoms in total. The average molecular weight is 266 g/mol. The van der Waals surface area contributed by atoms with E-state index < -0.39 is 0 Å². The lowest BCUT2D eigenvalue weighted by Crippen LogP contribution is -2.35. The molecule has 0 aromatic heterocycles. The molecule has 0 aromatic rings. The number of amidine groups is 1.